The number of urea groups is 1. The van der Waals surface area contributed by atoms with Gasteiger partial charge in [0.2, 0.25) is 0 Å². The van der Waals surface area contributed by atoms with E-state index in [9.17, 15) is 14.4 Å². The second-order valence-corrected chi connectivity index (χ2v) is 6.59. The van der Waals surface area contributed by atoms with Crippen LogP contribution in [0.15, 0.2) is 64.4 Å². The van der Waals surface area contributed by atoms with E-state index < -0.39 is 24.0 Å². The van der Waals surface area contributed by atoms with Gasteiger partial charge >= 0.3 is 18.0 Å². The molecular weight excluding hydrogens is 412 g/mol. The number of amides is 2. The third-order valence-electron chi connectivity index (χ3n) is 4.12. The Morgan fingerprint density at radius 3 is 2.63 bits per heavy atom. The fraction of sp³-hybridized carbons (Fsp3) is 0.190. The summed E-state index contributed by atoms with van der Waals surface area (Å²) in [6.07, 6.45) is 4.22. The van der Waals surface area contributed by atoms with Crippen LogP contribution in [0.4, 0.5) is 4.79 Å². The van der Waals surface area contributed by atoms with Crippen LogP contribution in [0.1, 0.15) is 24.3 Å². The highest BCUT2D eigenvalue weighted by Gasteiger charge is 2.35. The Morgan fingerprint density at radius 1 is 1.20 bits per heavy atom. The van der Waals surface area contributed by atoms with Gasteiger partial charge in [0.25, 0.3) is 0 Å². The molecule has 0 saturated carbocycles. The van der Waals surface area contributed by atoms with Gasteiger partial charge in [-0.3, -0.25) is 0 Å². The maximum Gasteiger partial charge on any atom is 0.338 e. The minimum absolute atomic E-state index is 0.0980. The smallest absolute Gasteiger partial charge is 0.338 e. The van der Waals surface area contributed by atoms with Crippen molar-refractivity contribution < 1.29 is 28.3 Å². The molecule has 1 atom stereocenters. The summed E-state index contributed by atoms with van der Waals surface area (Å²) in [7, 11) is 0. The normalized spacial score (nSPS) is 16.2. The van der Waals surface area contributed by atoms with Crippen LogP contribution >= 0.6 is 11.6 Å². The maximum absolute atomic E-state index is 12.5. The molecule has 0 bridgehead atoms. The van der Waals surface area contributed by atoms with Gasteiger partial charge in [0.05, 0.1) is 24.1 Å². The van der Waals surface area contributed by atoms with Crippen molar-refractivity contribution in [2.24, 2.45) is 0 Å². The first kappa shape index (κ1) is 21.2. The number of nitrogens with one attached hydrogen (secondary N) is 2. The molecule has 9 heteroatoms. The lowest BCUT2D eigenvalue weighted by atomic mass is 10.0. The van der Waals surface area contributed by atoms with Gasteiger partial charge in [-0.15, -0.1) is 0 Å². The highest BCUT2D eigenvalue weighted by atomic mass is 35.5. The van der Waals surface area contributed by atoms with E-state index in [1.807, 2.05) is 0 Å². The quantitative estimate of drug-likeness (QED) is 0.515. The van der Waals surface area contributed by atoms with Crippen molar-refractivity contribution in [1.29, 1.82) is 0 Å². The highest BCUT2D eigenvalue weighted by molar-refractivity contribution is 6.30. The number of carbonyl (C=O) groups is 3. The van der Waals surface area contributed by atoms with Crippen LogP contribution in [0.2, 0.25) is 5.02 Å². The van der Waals surface area contributed by atoms with Gasteiger partial charge in [-0.25, -0.2) is 14.4 Å². The summed E-state index contributed by atoms with van der Waals surface area (Å²) in [5.74, 6) is -0.962. The number of furan rings is 1. The fourth-order valence-corrected chi connectivity index (χ4v) is 2.91. The second kappa shape index (κ2) is 9.80. The van der Waals surface area contributed by atoms with Gasteiger partial charge < -0.3 is 24.5 Å². The predicted octanol–water partition coefficient (Wildman–Crippen LogP) is 3.36. The summed E-state index contributed by atoms with van der Waals surface area (Å²) in [6, 6.07) is 8.70. The molecule has 1 aliphatic heterocycles. The molecule has 1 aromatic carbocycles. The van der Waals surface area contributed by atoms with Crippen LogP contribution in [0.3, 0.4) is 0 Å². The Morgan fingerprint density at radius 2 is 1.97 bits per heavy atom. The molecule has 0 fully saturated rings. The lowest BCUT2D eigenvalue weighted by Crippen LogP contribution is -2.47. The minimum Gasteiger partial charge on any atom is -0.467 e. The molecule has 8 nitrogen and oxygen atoms in total. The topological polar surface area (TPSA) is 107 Å². The standard InChI is InChI=1S/C21H19ClN2O6/c1-2-28-20(26)18-15(23-21(27)24-19(18)16-4-3-11-29-16)12-30-17(25)10-7-13-5-8-14(22)9-6-13/h3-11,19H,2,12H2,1H3,(H2,23,24,27)/b10-7+. The summed E-state index contributed by atoms with van der Waals surface area (Å²) in [5.41, 5.74) is 0.976. The number of benzene rings is 1. The van der Waals surface area contributed by atoms with E-state index in [2.05, 4.69) is 10.6 Å². The molecule has 3 rings (SSSR count). The van der Waals surface area contributed by atoms with E-state index in [1.165, 1.54) is 12.3 Å². The molecule has 156 valence electrons. The Hall–Kier alpha value is -3.52. The van der Waals surface area contributed by atoms with E-state index in [4.69, 9.17) is 25.5 Å². The van der Waals surface area contributed by atoms with Crippen LogP contribution in [0.5, 0.6) is 0 Å². The molecular formula is C21H19ClN2O6. The minimum atomic E-state index is -0.869. The lowest BCUT2D eigenvalue weighted by Gasteiger charge is -2.27. The maximum atomic E-state index is 12.5. The molecule has 0 saturated heterocycles. The van der Waals surface area contributed by atoms with Crippen molar-refractivity contribution in [3.63, 3.8) is 0 Å². The van der Waals surface area contributed by atoms with Gasteiger partial charge in [0, 0.05) is 11.1 Å². The van der Waals surface area contributed by atoms with Gasteiger partial charge in [-0.2, -0.15) is 0 Å². The van der Waals surface area contributed by atoms with Gasteiger partial charge in [0.1, 0.15) is 18.4 Å². The molecule has 1 aromatic heterocycles. The largest absolute Gasteiger partial charge is 0.467 e. The summed E-state index contributed by atoms with van der Waals surface area (Å²) in [5, 5.41) is 5.70. The molecule has 0 radical (unpaired) electrons. The molecule has 1 aliphatic rings. The van der Waals surface area contributed by atoms with E-state index >= 15 is 0 Å². The molecule has 30 heavy (non-hydrogen) atoms. The van der Waals surface area contributed by atoms with E-state index in [0.29, 0.717) is 10.8 Å². The van der Waals surface area contributed by atoms with Crippen molar-refractivity contribution >= 4 is 35.6 Å². The van der Waals surface area contributed by atoms with Crippen molar-refractivity contribution in [1.82, 2.24) is 10.6 Å². The predicted molar refractivity (Wildman–Crippen MR) is 108 cm³/mol. The Kier molecular flexibility index (Phi) is 6.92. The monoisotopic (exact) mass is 430 g/mol. The molecule has 2 N–H and O–H groups in total. The molecule has 2 heterocycles. The number of rotatable bonds is 7. The second-order valence-electron chi connectivity index (χ2n) is 6.15. The van der Waals surface area contributed by atoms with Gasteiger partial charge in [-0.1, -0.05) is 23.7 Å². The number of hydrogen-bond donors (Lipinski definition) is 2. The Balaban J connectivity index is 1.78. The first-order valence-corrected chi connectivity index (χ1v) is 9.47. The average molecular weight is 431 g/mol. The van der Waals surface area contributed by atoms with E-state index in [0.717, 1.165) is 5.56 Å². The lowest BCUT2D eigenvalue weighted by molar-refractivity contribution is -0.140. The first-order chi connectivity index (χ1) is 14.5. The highest BCUT2D eigenvalue weighted by Crippen LogP contribution is 2.28. The van der Waals surface area contributed by atoms with Crippen LogP contribution in [-0.2, 0) is 19.1 Å². The SMILES string of the molecule is CCOC(=O)C1=C(COC(=O)/C=C/c2ccc(Cl)cc2)NC(=O)NC1c1ccco1. The summed E-state index contributed by atoms with van der Waals surface area (Å²) in [6.45, 7) is 1.47. The van der Waals surface area contributed by atoms with E-state index in [-0.39, 0.29) is 24.5 Å². The van der Waals surface area contributed by atoms with Gasteiger partial charge in [-0.05, 0) is 42.8 Å². The number of hydrogen-bond acceptors (Lipinski definition) is 6. The number of carbonyl (C=O) groups excluding carboxylic acids is 3. The molecule has 1 unspecified atom stereocenters. The number of ether oxygens (including phenoxy) is 2. The van der Waals surface area contributed by atoms with E-state index in [1.54, 1.807) is 49.4 Å². The van der Waals surface area contributed by atoms with Crippen molar-refractivity contribution in [2.75, 3.05) is 13.2 Å². The molecule has 0 aliphatic carbocycles. The van der Waals surface area contributed by atoms with Crippen molar-refractivity contribution in [3.8, 4) is 0 Å². The zero-order chi connectivity index (χ0) is 21.5. The number of esters is 2. The Labute approximate surface area is 177 Å². The molecule has 2 aromatic rings. The summed E-state index contributed by atoms with van der Waals surface area (Å²) < 4.78 is 15.6. The first-order valence-electron chi connectivity index (χ1n) is 9.09. The van der Waals surface area contributed by atoms with Crippen molar-refractivity contribution in [2.45, 2.75) is 13.0 Å². The van der Waals surface area contributed by atoms with Crippen LogP contribution in [0.25, 0.3) is 6.08 Å². The zero-order valence-corrected chi connectivity index (χ0v) is 16.8. The van der Waals surface area contributed by atoms with Crippen LogP contribution in [-0.4, -0.2) is 31.2 Å². The van der Waals surface area contributed by atoms with Crippen LogP contribution < -0.4 is 10.6 Å². The van der Waals surface area contributed by atoms with Crippen molar-refractivity contribution in [3.05, 3.63) is 76.4 Å². The summed E-state index contributed by atoms with van der Waals surface area (Å²) >= 11 is 5.83. The van der Waals surface area contributed by atoms with Crippen LogP contribution in [0, 0.1) is 0 Å². The fourth-order valence-electron chi connectivity index (χ4n) is 2.78. The zero-order valence-electron chi connectivity index (χ0n) is 16.0. The number of halogens is 1. The third kappa shape index (κ3) is 5.30. The average Bonchev–Trinajstić information content (AvgIpc) is 3.26. The molecule has 0 spiro atoms. The third-order valence-corrected chi connectivity index (χ3v) is 4.37. The van der Waals surface area contributed by atoms with Gasteiger partial charge in [0.15, 0.2) is 0 Å². The molecule has 2 amide bonds. The summed E-state index contributed by atoms with van der Waals surface area (Å²) in [4.78, 5) is 36.7. The Bertz CT molecular complexity index is 979.